The van der Waals surface area contributed by atoms with Crippen molar-refractivity contribution in [1.29, 1.82) is 0 Å². The van der Waals surface area contributed by atoms with Gasteiger partial charge in [-0.3, -0.25) is 4.79 Å². The molecule has 5 nitrogen and oxygen atoms in total. The number of rotatable bonds is 0. The average Bonchev–Trinajstić information content (AvgIpc) is 1.64. The lowest BCUT2D eigenvalue weighted by atomic mass is 10.6. The summed E-state index contributed by atoms with van der Waals surface area (Å²) in [5.41, 5.74) is 4.73. The topological polar surface area (TPSA) is 84.7 Å². The number of aromatic amines is 1. The molecule has 0 aliphatic carbocycles. The van der Waals surface area contributed by atoms with Gasteiger partial charge in [-0.1, -0.05) is 5.21 Å². The minimum atomic E-state index is -0.336. The third-order valence-electron chi connectivity index (χ3n) is 0.605. The molecule has 0 unspecified atom stereocenters. The molecule has 0 bridgehead atoms. The normalized spacial score (nSPS) is 9.00. The molecule has 0 spiro atoms. The second kappa shape index (κ2) is 1.61. The van der Waals surface area contributed by atoms with E-state index in [0.717, 1.165) is 6.07 Å². The lowest BCUT2D eigenvalue weighted by Gasteiger charge is -1.81. The predicted molar refractivity (Wildman–Crippen MR) is 27.1 cm³/mol. The van der Waals surface area contributed by atoms with Gasteiger partial charge in [-0.25, -0.2) is 5.10 Å². The Kier molecular flexibility index (Phi) is 0.957. The predicted octanol–water partition coefficient (Wildman–Crippen LogP) is -1.25. The van der Waals surface area contributed by atoms with Crippen molar-refractivity contribution >= 4 is 5.82 Å². The van der Waals surface area contributed by atoms with Gasteiger partial charge in [0.1, 0.15) is 0 Å². The summed E-state index contributed by atoms with van der Waals surface area (Å²) in [5, 5.41) is 8.56. The molecule has 0 saturated heterocycles. The maximum atomic E-state index is 10.3. The fourth-order valence-corrected chi connectivity index (χ4v) is 0.327. The van der Waals surface area contributed by atoms with E-state index in [2.05, 4.69) is 15.4 Å². The molecular weight excluding hydrogens is 108 g/mol. The third-order valence-corrected chi connectivity index (χ3v) is 0.605. The Hall–Kier alpha value is -1.39. The van der Waals surface area contributed by atoms with Crippen molar-refractivity contribution in [2.45, 2.75) is 0 Å². The first kappa shape index (κ1) is 4.76. The van der Waals surface area contributed by atoms with E-state index in [1.807, 2.05) is 0 Å². The van der Waals surface area contributed by atoms with Gasteiger partial charge in [0.2, 0.25) is 0 Å². The van der Waals surface area contributed by atoms with E-state index in [1.165, 1.54) is 0 Å². The largest absolute Gasteiger partial charge is 0.382 e. The van der Waals surface area contributed by atoms with Gasteiger partial charge >= 0.3 is 0 Å². The van der Waals surface area contributed by atoms with E-state index >= 15 is 0 Å². The number of hydrogen-bond acceptors (Lipinski definition) is 4. The first-order valence-electron chi connectivity index (χ1n) is 1.97. The van der Waals surface area contributed by atoms with Gasteiger partial charge < -0.3 is 5.73 Å². The third kappa shape index (κ3) is 0.810. The average molecular weight is 112 g/mol. The molecule has 0 amide bonds. The Bertz CT molecular complexity index is 229. The summed E-state index contributed by atoms with van der Waals surface area (Å²) in [6.07, 6.45) is 0. The number of hydrogen-bond donors (Lipinski definition) is 2. The van der Waals surface area contributed by atoms with Crippen LogP contribution in [0.1, 0.15) is 0 Å². The van der Waals surface area contributed by atoms with Crippen LogP contribution in [0.3, 0.4) is 0 Å². The lowest BCUT2D eigenvalue weighted by molar-refractivity contribution is 0.849. The second-order valence-electron chi connectivity index (χ2n) is 1.25. The molecule has 42 valence electrons. The zero-order chi connectivity index (χ0) is 5.98. The zero-order valence-electron chi connectivity index (χ0n) is 3.96. The summed E-state index contributed by atoms with van der Waals surface area (Å²) < 4.78 is 0. The minimum absolute atomic E-state index is 0.133. The van der Waals surface area contributed by atoms with E-state index in [-0.39, 0.29) is 11.4 Å². The van der Waals surface area contributed by atoms with Crippen LogP contribution >= 0.6 is 0 Å². The lowest BCUT2D eigenvalue weighted by Crippen LogP contribution is -2.09. The van der Waals surface area contributed by atoms with Crippen LogP contribution < -0.4 is 11.3 Å². The Morgan fingerprint density at radius 2 is 2.50 bits per heavy atom. The summed E-state index contributed by atoms with van der Waals surface area (Å²) >= 11 is 0. The van der Waals surface area contributed by atoms with Gasteiger partial charge in [-0.05, 0) is 0 Å². The number of anilines is 1. The highest BCUT2D eigenvalue weighted by molar-refractivity contribution is 5.21. The molecule has 0 radical (unpaired) electrons. The molecule has 5 heteroatoms. The molecule has 0 fully saturated rings. The van der Waals surface area contributed by atoms with Gasteiger partial charge in [0.15, 0.2) is 5.82 Å². The SMILES string of the molecule is Nc1cc(=O)[nH]nn1. The number of aromatic nitrogens is 3. The number of nitrogens with one attached hydrogen (secondary N) is 1. The standard InChI is InChI=1S/C3H4N4O/c4-2-1-3(8)6-7-5-2/h1H,(H3,4,5,6,8). The molecule has 0 aliphatic rings. The fraction of sp³-hybridized carbons (Fsp3) is 0. The number of nitrogen functional groups attached to an aromatic ring is 1. The van der Waals surface area contributed by atoms with E-state index in [1.54, 1.807) is 0 Å². The first-order valence-corrected chi connectivity index (χ1v) is 1.97. The molecule has 1 rings (SSSR count). The summed E-state index contributed by atoms with van der Waals surface area (Å²) in [6, 6.07) is 1.16. The van der Waals surface area contributed by atoms with Crippen molar-refractivity contribution in [1.82, 2.24) is 15.4 Å². The van der Waals surface area contributed by atoms with Crippen LogP contribution in [0.15, 0.2) is 10.9 Å². The molecule has 8 heavy (non-hydrogen) atoms. The van der Waals surface area contributed by atoms with Crippen LogP contribution in [0.4, 0.5) is 5.82 Å². The molecule has 1 aromatic heterocycles. The molecule has 0 aromatic carbocycles. The van der Waals surface area contributed by atoms with Gasteiger partial charge in [-0.2, -0.15) is 0 Å². The van der Waals surface area contributed by atoms with Crippen molar-refractivity contribution in [2.75, 3.05) is 5.73 Å². The Morgan fingerprint density at radius 3 is 2.88 bits per heavy atom. The zero-order valence-corrected chi connectivity index (χ0v) is 3.96. The molecule has 1 aromatic rings. The molecule has 1 heterocycles. The van der Waals surface area contributed by atoms with Gasteiger partial charge in [0.05, 0.1) is 0 Å². The van der Waals surface area contributed by atoms with E-state index in [4.69, 9.17) is 5.73 Å². The van der Waals surface area contributed by atoms with Crippen LogP contribution in [-0.2, 0) is 0 Å². The molecule has 0 saturated carbocycles. The molecule has 0 atom stereocenters. The summed E-state index contributed by atoms with van der Waals surface area (Å²) in [5.74, 6) is 0.133. The fourth-order valence-electron chi connectivity index (χ4n) is 0.327. The maximum Gasteiger partial charge on any atom is 0.269 e. The van der Waals surface area contributed by atoms with Crippen molar-refractivity contribution in [2.24, 2.45) is 0 Å². The molecule has 3 N–H and O–H groups in total. The van der Waals surface area contributed by atoms with Gasteiger partial charge in [0, 0.05) is 6.07 Å². The monoisotopic (exact) mass is 112 g/mol. The van der Waals surface area contributed by atoms with Crippen LogP contribution in [0.2, 0.25) is 0 Å². The molecular formula is C3H4N4O. The van der Waals surface area contributed by atoms with Crippen molar-refractivity contribution < 1.29 is 0 Å². The van der Waals surface area contributed by atoms with E-state index in [9.17, 15) is 4.79 Å². The highest BCUT2D eigenvalue weighted by Gasteiger charge is 1.83. The minimum Gasteiger partial charge on any atom is -0.382 e. The van der Waals surface area contributed by atoms with Crippen LogP contribution in [0.5, 0.6) is 0 Å². The number of nitrogens with zero attached hydrogens (tertiary/aromatic N) is 2. The molecule has 0 aliphatic heterocycles. The van der Waals surface area contributed by atoms with E-state index < -0.39 is 0 Å². The Labute approximate surface area is 44.5 Å². The van der Waals surface area contributed by atoms with Crippen molar-refractivity contribution in [3.05, 3.63) is 16.4 Å². The number of nitrogens with two attached hydrogens (primary N) is 1. The Morgan fingerprint density at radius 1 is 1.75 bits per heavy atom. The quantitative estimate of drug-likeness (QED) is 0.439. The summed E-state index contributed by atoms with van der Waals surface area (Å²) in [6.45, 7) is 0. The summed E-state index contributed by atoms with van der Waals surface area (Å²) in [4.78, 5) is 10.3. The maximum absolute atomic E-state index is 10.3. The number of H-pyrrole nitrogens is 1. The first-order chi connectivity index (χ1) is 3.79. The van der Waals surface area contributed by atoms with Crippen molar-refractivity contribution in [3.63, 3.8) is 0 Å². The van der Waals surface area contributed by atoms with Gasteiger partial charge in [0.25, 0.3) is 5.56 Å². The Balaban J connectivity index is 3.28. The van der Waals surface area contributed by atoms with Gasteiger partial charge in [-0.15, -0.1) is 5.10 Å². The summed E-state index contributed by atoms with van der Waals surface area (Å²) in [7, 11) is 0. The second-order valence-corrected chi connectivity index (χ2v) is 1.25. The van der Waals surface area contributed by atoms with Crippen LogP contribution in [0.25, 0.3) is 0 Å². The van der Waals surface area contributed by atoms with Crippen LogP contribution in [-0.4, -0.2) is 15.4 Å². The van der Waals surface area contributed by atoms with Crippen molar-refractivity contribution in [3.8, 4) is 0 Å². The van der Waals surface area contributed by atoms with Crippen LogP contribution in [0, 0.1) is 0 Å². The van der Waals surface area contributed by atoms with E-state index in [0.29, 0.717) is 0 Å². The smallest absolute Gasteiger partial charge is 0.269 e. The highest BCUT2D eigenvalue weighted by atomic mass is 16.1. The highest BCUT2D eigenvalue weighted by Crippen LogP contribution is 1.78.